The molecular weight excluding hydrogens is 398 g/mol. The van der Waals surface area contributed by atoms with E-state index in [1.54, 1.807) is 12.4 Å². The van der Waals surface area contributed by atoms with Crippen LogP contribution in [0.25, 0.3) is 5.69 Å². The molecule has 0 spiro atoms. The minimum atomic E-state index is -0.0314. The van der Waals surface area contributed by atoms with Gasteiger partial charge in [0.2, 0.25) is 5.91 Å². The van der Waals surface area contributed by atoms with Gasteiger partial charge in [-0.25, -0.2) is 9.97 Å². The van der Waals surface area contributed by atoms with Gasteiger partial charge in [0.25, 0.3) is 0 Å². The Labute approximate surface area is 180 Å². The van der Waals surface area contributed by atoms with E-state index >= 15 is 0 Å². The van der Waals surface area contributed by atoms with E-state index in [1.807, 2.05) is 35.0 Å². The third-order valence-electron chi connectivity index (χ3n) is 4.97. The zero-order chi connectivity index (χ0) is 20.8. The number of pyridine rings is 1. The van der Waals surface area contributed by atoms with Gasteiger partial charge in [-0.05, 0) is 24.6 Å². The number of imidazole rings is 1. The van der Waals surface area contributed by atoms with Crippen LogP contribution in [0.3, 0.4) is 0 Å². The maximum Gasteiger partial charge on any atom is 0.230 e. The lowest BCUT2D eigenvalue weighted by Gasteiger charge is -2.29. The molecule has 0 atom stereocenters. The second-order valence-electron chi connectivity index (χ2n) is 7.02. The molecular formula is C22H25N5O2S. The maximum absolute atomic E-state index is 12.5. The second-order valence-corrected chi connectivity index (χ2v) is 7.96. The summed E-state index contributed by atoms with van der Waals surface area (Å²) in [4.78, 5) is 23.6. The molecule has 0 radical (unpaired) electrons. The van der Waals surface area contributed by atoms with E-state index < -0.39 is 0 Å². The number of rotatable bonds is 7. The molecule has 0 bridgehead atoms. The molecule has 1 amide bonds. The highest BCUT2D eigenvalue weighted by atomic mass is 32.2. The molecule has 0 unspecified atom stereocenters. The van der Waals surface area contributed by atoms with E-state index in [0.29, 0.717) is 25.5 Å². The van der Waals surface area contributed by atoms with E-state index in [-0.39, 0.29) is 5.91 Å². The third-order valence-corrected chi connectivity index (χ3v) is 5.94. The molecule has 3 aromatic rings. The standard InChI is InChI=1S/C22H25N5O2S/c1-17-5-2-3-7-19(17)27-10-9-24-22(27)30-16-20(28)25-15-18-6-4-8-23-21(18)26-11-13-29-14-12-26/h2-10H,11-16H2,1H3,(H,25,28). The van der Waals surface area contributed by atoms with Crippen molar-refractivity contribution in [1.82, 2.24) is 19.9 Å². The predicted molar refractivity (Wildman–Crippen MR) is 118 cm³/mol. The molecule has 30 heavy (non-hydrogen) atoms. The minimum absolute atomic E-state index is 0.0314. The van der Waals surface area contributed by atoms with E-state index in [4.69, 9.17) is 4.74 Å². The molecule has 1 fully saturated rings. The number of amides is 1. The number of morpholine rings is 1. The largest absolute Gasteiger partial charge is 0.378 e. The van der Waals surface area contributed by atoms with Gasteiger partial charge in [0.15, 0.2) is 5.16 Å². The first kappa shape index (κ1) is 20.4. The normalized spacial score (nSPS) is 14.0. The highest BCUT2D eigenvalue weighted by molar-refractivity contribution is 7.99. The maximum atomic E-state index is 12.5. The first-order valence-corrected chi connectivity index (χ1v) is 11.0. The van der Waals surface area contributed by atoms with Gasteiger partial charge in [-0.2, -0.15) is 0 Å². The number of aromatic nitrogens is 3. The molecule has 1 aliphatic heterocycles. The molecule has 1 aliphatic rings. The van der Waals surface area contributed by atoms with Crippen molar-refractivity contribution in [3.63, 3.8) is 0 Å². The van der Waals surface area contributed by atoms with Crippen molar-refractivity contribution in [1.29, 1.82) is 0 Å². The van der Waals surface area contributed by atoms with Crippen molar-refractivity contribution in [2.45, 2.75) is 18.6 Å². The van der Waals surface area contributed by atoms with Crippen LogP contribution in [0.15, 0.2) is 60.1 Å². The fourth-order valence-electron chi connectivity index (χ4n) is 3.42. The molecule has 0 aliphatic carbocycles. The van der Waals surface area contributed by atoms with E-state index in [0.717, 1.165) is 40.9 Å². The number of hydrogen-bond acceptors (Lipinski definition) is 6. The van der Waals surface area contributed by atoms with E-state index in [2.05, 4.69) is 39.2 Å². The summed E-state index contributed by atoms with van der Waals surface area (Å²) >= 11 is 1.43. The summed E-state index contributed by atoms with van der Waals surface area (Å²) in [6.07, 6.45) is 5.47. The van der Waals surface area contributed by atoms with Crippen molar-refractivity contribution >= 4 is 23.5 Å². The average Bonchev–Trinajstić information content (AvgIpc) is 3.26. The fraction of sp³-hybridized carbons (Fsp3) is 0.318. The van der Waals surface area contributed by atoms with Gasteiger partial charge in [-0.3, -0.25) is 9.36 Å². The third kappa shape index (κ3) is 4.83. The van der Waals surface area contributed by atoms with Crippen LogP contribution in [0.2, 0.25) is 0 Å². The number of para-hydroxylation sites is 1. The van der Waals surface area contributed by atoms with Crippen LogP contribution < -0.4 is 10.2 Å². The lowest BCUT2D eigenvalue weighted by molar-refractivity contribution is -0.118. The summed E-state index contributed by atoms with van der Waals surface area (Å²) in [5.74, 6) is 1.19. The molecule has 0 saturated carbocycles. The summed E-state index contributed by atoms with van der Waals surface area (Å²) in [6.45, 7) is 5.55. The minimum Gasteiger partial charge on any atom is -0.378 e. The summed E-state index contributed by atoms with van der Waals surface area (Å²) in [7, 11) is 0. The Balaban J connectivity index is 1.35. The topological polar surface area (TPSA) is 72.3 Å². The Hall–Kier alpha value is -2.84. The number of nitrogens with zero attached hydrogens (tertiary/aromatic N) is 4. The number of carbonyl (C=O) groups excluding carboxylic acids is 1. The molecule has 156 valence electrons. The monoisotopic (exact) mass is 423 g/mol. The quantitative estimate of drug-likeness (QED) is 0.589. The zero-order valence-corrected chi connectivity index (χ0v) is 17.8. The molecule has 1 saturated heterocycles. The second kappa shape index (κ2) is 9.77. The Kier molecular flexibility index (Phi) is 6.66. The lowest BCUT2D eigenvalue weighted by Crippen LogP contribution is -2.38. The Bertz CT molecular complexity index is 1000. The highest BCUT2D eigenvalue weighted by Crippen LogP contribution is 2.23. The predicted octanol–water partition coefficient (Wildman–Crippen LogP) is 2.82. The number of anilines is 1. The first-order chi connectivity index (χ1) is 14.7. The van der Waals surface area contributed by atoms with Crippen molar-refractivity contribution in [3.05, 3.63) is 66.1 Å². The van der Waals surface area contributed by atoms with Gasteiger partial charge in [0, 0.05) is 43.8 Å². The Morgan fingerprint density at radius 3 is 2.80 bits per heavy atom. The van der Waals surface area contributed by atoms with Gasteiger partial charge in [0.1, 0.15) is 5.82 Å². The average molecular weight is 424 g/mol. The number of nitrogens with one attached hydrogen (secondary N) is 1. The fourth-order valence-corrected chi connectivity index (χ4v) is 4.21. The SMILES string of the molecule is Cc1ccccc1-n1ccnc1SCC(=O)NCc1cccnc1N1CCOCC1. The van der Waals surface area contributed by atoms with Crippen LogP contribution in [-0.2, 0) is 16.1 Å². The molecule has 3 heterocycles. The van der Waals surface area contributed by atoms with Crippen molar-refractivity contribution < 1.29 is 9.53 Å². The number of aryl methyl sites for hydroxylation is 1. The first-order valence-electron chi connectivity index (χ1n) is 9.98. The van der Waals surface area contributed by atoms with Crippen LogP contribution in [0, 0.1) is 6.92 Å². The van der Waals surface area contributed by atoms with Crippen LogP contribution in [0.5, 0.6) is 0 Å². The smallest absolute Gasteiger partial charge is 0.230 e. The molecule has 4 rings (SSSR count). The Morgan fingerprint density at radius 2 is 1.97 bits per heavy atom. The molecule has 2 aromatic heterocycles. The van der Waals surface area contributed by atoms with Crippen LogP contribution >= 0.6 is 11.8 Å². The summed E-state index contributed by atoms with van der Waals surface area (Å²) in [5, 5.41) is 3.82. The number of hydrogen-bond donors (Lipinski definition) is 1. The van der Waals surface area contributed by atoms with E-state index in [9.17, 15) is 4.79 Å². The molecule has 8 heteroatoms. The number of ether oxygens (including phenoxy) is 1. The van der Waals surface area contributed by atoms with Crippen molar-refractivity contribution in [3.8, 4) is 5.69 Å². The number of benzene rings is 1. The van der Waals surface area contributed by atoms with Gasteiger partial charge < -0.3 is 15.0 Å². The summed E-state index contributed by atoms with van der Waals surface area (Å²) in [5.41, 5.74) is 3.25. The van der Waals surface area contributed by atoms with Crippen molar-refractivity contribution in [2.75, 3.05) is 37.0 Å². The van der Waals surface area contributed by atoms with Crippen LogP contribution in [0.4, 0.5) is 5.82 Å². The lowest BCUT2D eigenvalue weighted by atomic mass is 10.2. The highest BCUT2D eigenvalue weighted by Gasteiger charge is 2.16. The van der Waals surface area contributed by atoms with Crippen LogP contribution in [0.1, 0.15) is 11.1 Å². The Morgan fingerprint density at radius 1 is 1.13 bits per heavy atom. The van der Waals surface area contributed by atoms with Crippen LogP contribution in [-0.4, -0.2) is 52.5 Å². The molecule has 1 aromatic carbocycles. The van der Waals surface area contributed by atoms with Gasteiger partial charge in [-0.1, -0.05) is 36.0 Å². The van der Waals surface area contributed by atoms with Gasteiger partial charge in [0.05, 0.1) is 24.7 Å². The number of thioether (sulfide) groups is 1. The summed E-state index contributed by atoms with van der Waals surface area (Å²) in [6, 6.07) is 12.0. The number of carbonyl (C=O) groups is 1. The van der Waals surface area contributed by atoms with Gasteiger partial charge >= 0.3 is 0 Å². The van der Waals surface area contributed by atoms with Crippen molar-refractivity contribution in [2.24, 2.45) is 0 Å². The van der Waals surface area contributed by atoms with Gasteiger partial charge in [-0.15, -0.1) is 0 Å². The molecule has 1 N–H and O–H groups in total. The summed E-state index contributed by atoms with van der Waals surface area (Å²) < 4.78 is 7.44. The zero-order valence-electron chi connectivity index (χ0n) is 17.0. The molecule has 7 nitrogen and oxygen atoms in total. The van der Waals surface area contributed by atoms with E-state index in [1.165, 1.54) is 11.8 Å².